The summed E-state index contributed by atoms with van der Waals surface area (Å²) in [6, 6.07) is 10.3. The maximum atomic E-state index is 3.14. The molecule has 1 aromatic rings. The molecule has 0 amide bonds. The fraction of sp³-hybridized carbons (Fsp3) is 0.111. The van der Waals surface area contributed by atoms with Gasteiger partial charge >= 0.3 is 0 Å². The highest BCUT2D eigenvalue weighted by atomic mass is 32.2. The van der Waals surface area contributed by atoms with Crippen molar-refractivity contribution in [2.75, 3.05) is 10.8 Å². The number of thioether (sulfide) groups is 1. The lowest BCUT2D eigenvalue weighted by Gasteiger charge is -2.12. The molecule has 0 N–H and O–H groups in total. The molecule has 0 aromatic heterocycles. The normalized spacial score (nSPS) is 15.8. The predicted octanol–water partition coefficient (Wildman–Crippen LogP) is 2.47. The van der Waals surface area contributed by atoms with Gasteiger partial charge in [0.25, 0.3) is 0 Å². The number of anilines is 1. The summed E-state index contributed by atoms with van der Waals surface area (Å²) in [6.45, 7) is 0. The van der Waals surface area contributed by atoms with Crippen molar-refractivity contribution in [1.29, 1.82) is 0 Å². The first-order valence-electron chi connectivity index (χ1n) is 3.49. The van der Waals surface area contributed by atoms with E-state index in [1.807, 2.05) is 23.6 Å². The van der Waals surface area contributed by atoms with Crippen molar-refractivity contribution >= 4 is 17.4 Å². The Morgan fingerprint density at radius 3 is 2.73 bits per heavy atom. The largest absolute Gasteiger partial charge is 0.329 e. The van der Waals surface area contributed by atoms with E-state index in [9.17, 15) is 0 Å². The number of hydrogen-bond acceptors (Lipinski definition) is 2. The van der Waals surface area contributed by atoms with Gasteiger partial charge in [0, 0.05) is 5.69 Å². The Bertz CT molecular complexity index is 256. The molecule has 2 heteroatoms. The van der Waals surface area contributed by atoms with Crippen LogP contribution in [0.5, 0.6) is 0 Å². The highest BCUT2D eigenvalue weighted by molar-refractivity contribution is 8.02. The molecule has 0 fully saturated rings. The highest BCUT2D eigenvalue weighted by Crippen LogP contribution is 2.22. The van der Waals surface area contributed by atoms with Crippen LogP contribution in [-0.4, -0.2) is 5.88 Å². The van der Waals surface area contributed by atoms with Crippen LogP contribution in [0, 0.1) is 6.20 Å². The molecule has 1 aromatic carbocycles. The Morgan fingerprint density at radius 2 is 2.09 bits per heavy atom. The molecule has 1 aliphatic rings. The number of benzene rings is 1. The molecule has 1 aliphatic heterocycles. The fourth-order valence-electron chi connectivity index (χ4n) is 1.01. The summed E-state index contributed by atoms with van der Waals surface area (Å²) in [5.41, 5.74) is 1.22. The summed E-state index contributed by atoms with van der Waals surface area (Å²) in [5, 5.41) is 1.99. The highest BCUT2D eigenvalue weighted by Gasteiger charge is 2.05. The topological polar surface area (TPSA) is 3.24 Å². The molecule has 0 spiro atoms. The van der Waals surface area contributed by atoms with Gasteiger partial charge in [0.15, 0.2) is 0 Å². The van der Waals surface area contributed by atoms with E-state index in [0.717, 1.165) is 5.88 Å². The van der Waals surface area contributed by atoms with Crippen molar-refractivity contribution in [3.8, 4) is 0 Å². The summed E-state index contributed by atoms with van der Waals surface area (Å²) >= 11 is 1.77. The van der Waals surface area contributed by atoms with Gasteiger partial charge in [-0.25, -0.2) is 0 Å². The minimum Gasteiger partial charge on any atom is -0.329 e. The first-order valence-corrected chi connectivity index (χ1v) is 4.54. The van der Waals surface area contributed by atoms with Crippen molar-refractivity contribution in [3.63, 3.8) is 0 Å². The standard InChI is InChI=1S/C9H8NS/c1-2-4-9(5-3-1)10-6-7-11-8-10/h1-5,7H,8H2. The summed E-state index contributed by atoms with van der Waals surface area (Å²) < 4.78 is 0. The summed E-state index contributed by atoms with van der Waals surface area (Å²) in [7, 11) is 0. The summed E-state index contributed by atoms with van der Waals surface area (Å²) in [6.07, 6.45) is 3.14. The van der Waals surface area contributed by atoms with Gasteiger partial charge in [-0.2, -0.15) is 0 Å². The summed E-state index contributed by atoms with van der Waals surface area (Å²) in [5.74, 6) is 0.990. The number of nitrogens with zero attached hydrogens (tertiary/aromatic N) is 1. The average molecular weight is 162 g/mol. The number of para-hydroxylation sites is 1. The molecule has 0 aliphatic carbocycles. The lowest BCUT2D eigenvalue weighted by atomic mass is 10.3. The van der Waals surface area contributed by atoms with E-state index in [1.165, 1.54) is 5.69 Å². The van der Waals surface area contributed by atoms with Gasteiger partial charge in [0.05, 0.1) is 12.1 Å². The third-order valence-electron chi connectivity index (χ3n) is 1.56. The van der Waals surface area contributed by atoms with E-state index in [-0.39, 0.29) is 0 Å². The Kier molecular flexibility index (Phi) is 1.86. The van der Waals surface area contributed by atoms with Crippen LogP contribution in [-0.2, 0) is 0 Å². The number of hydrogen-bond donors (Lipinski definition) is 0. The molecule has 0 saturated carbocycles. The molecule has 1 radical (unpaired) electrons. The van der Waals surface area contributed by atoms with Crippen LogP contribution in [0.1, 0.15) is 0 Å². The van der Waals surface area contributed by atoms with Gasteiger partial charge < -0.3 is 4.90 Å². The minimum absolute atomic E-state index is 0.990. The third kappa shape index (κ3) is 1.40. The molecular formula is C9H8NS. The first kappa shape index (κ1) is 6.80. The number of rotatable bonds is 1. The van der Waals surface area contributed by atoms with E-state index in [2.05, 4.69) is 23.2 Å². The molecule has 1 heterocycles. The third-order valence-corrected chi connectivity index (χ3v) is 2.24. The zero-order valence-electron chi connectivity index (χ0n) is 6.03. The van der Waals surface area contributed by atoms with E-state index in [0.29, 0.717) is 0 Å². The van der Waals surface area contributed by atoms with Gasteiger partial charge in [0.1, 0.15) is 0 Å². The van der Waals surface area contributed by atoms with Crippen LogP contribution >= 0.6 is 11.8 Å². The Morgan fingerprint density at radius 1 is 1.27 bits per heavy atom. The first-order chi connectivity index (χ1) is 5.47. The monoisotopic (exact) mass is 162 g/mol. The predicted molar refractivity (Wildman–Crippen MR) is 49.2 cm³/mol. The molecule has 0 unspecified atom stereocenters. The van der Waals surface area contributed by atoms with Gasteiger partial charge in [0.2, 0.25) is 0 Å². The zero-order chi connectivity index (χ0) is 7.52. The maximum Gasteiger partial charge on any atom is 0.0730 e. The fourth-order valence-corrected chi connectivity index (χ4v) is 1.66. The molecular weight excluding hydrogens is 154 g/mol. The van der Waals surface area contributed by atoms with Crippen molar-refractivity contribution in [3.05, 3.63) is 41.9 Å². The average Bonchev–Trinajstić information content (AvgIpc) is 2.58. The molecule has 0 saturated heterocycles. The van der Waals surface area contributed by atoms with Crippen LogP contribution in [0.15, 0.2) is 35.7 Å². The van der Waals surface area contributed by atoms with Crippen LogP contribution < -0.4 is 4.90 Å². The molecule has 2 rings (SSSR count). The van der Waals surface area contributed by atoms with Crippen LogP contribution in [0.2, 0.25) is 0 Å². The van der Waals surface area contributed by atoms with Crippen LogP contribution in [0.3, 0.4) is 0 Å². The molecule has 55 valence electrons. The van der Waals surface area contributed by atoms with Crippen molar-refractivity contribution in [2.45, 2.75) is 0 Å². The Balaban J connectivity index is 2.23. The van der Waals surface area contributed by atoms with E-state index in [4.69, 9.17) is 0 Å². The summed E-state index contributed by atoms with van der Waals surface area (Å²) in [4.78, 5) is 2.10. The second kappa shape index (κ2) is 3.01. The second-order valence-corrected chi connectivity index (χ2v) is 3.13. The zero-order valence-corrected chi connectivity index (χ0v) is 6.84. The van der Waals surface area contributed by atoms with Crippen molar-refractivity contribution in [2.24, 2.45) is 0 Å². The van der Waals surface area contributed by atoms with Crippen LogP contribution in [0.4, 0.5) is 5.69 Å². The minimum atomic E-state index is 0.990. The Labute approximate surface area is 70.7 Å². The van der Waals surface area contributed by atoms with E-state index < -0.39 is 0 Å². The van der Waals surface area contributed by atoms with Crippen LogP contribution in [0.25, 0.3) is 0 Å². The van der Waals surface area contributed by atoms with Crippen molar-refractivity contribution < 1.29 is 0 Å². The smallest absolute Gasteiger partial charge is 0.0730 e. The maximum absolute atomic E-state index is 3.14. The Hall–Kier alpha value is -0.890. The molecule has 0 bridgehead atoms. The van der Waals surface area contributed by atoms with Gasteiger partial charge in [-0.15, -0.1) is 11.8 Å². The van der Waals surface area contributed by atoms with Gasteiger partial charge in [-0.1, -0.05) is 18.2 Å². The van der Waals surface area contributed by atoms with Gasteiger partial charge in [-0.05, 0) is 17.5 Å². The lowest BCUT2D eigenvalue weighted by Crippen LogP contribution is -2.10. The lowest BCUT2D eigenvalue weighted by molar-refractivity contribution is 1.16. The second-order valence-electron chi connectivity index (χ2n) is 2.31. The van der Waals surface area contributed by atoms with Crippen molar-refractivity contribution in [1.82, 2.24) is 0 Å². The molecule has 0 atom stereocenters. The quantitative estimate of drug-likeness (QED) is 0.624. The van der Waals surface area contributed by atoms with E-state index >= 15 is 0 Å². The molecule has 1 nitrogen and oxygen atoms in total. The SMILES string of the molecule is [C]1=CSCN1c1ccccc1. The van der Waals surface area contributed by atoms with Gasteiger partial charge in [-0.3, -0.25) is 0 Å². The molecule has 11 heavy (non-hydrogen) atoms. The van der Waals surface area contributed by atoms with E-state index in [1.54, 1.807) is 11.8 Å².